The summed E-state index contributed by atoms with van der Waals surface area (Å²) in [5, 5.41) is 8.53. The maximum absolute atomic E-state index is 13.4. The molecular formula is C9H5BrF2N4O2. The van der Waals surface area contributed by atoms with E-state index in [1.165, 1.54) is 0 Å². The minimum Gasteiger partial charge on any atom is -0.379 e. The molecule has 9 heteroatoms. The SMILES string of the molecule is Nc1nonc1C(=O)Nc1cc(F)c(Br)cc1F. The van der Waals surface area contributed by atoms with Gasteiger partial charge < -0.3 is 11.1 Å². The van der Waals surface area contributed by atoms with Gasteiger partial charge >= 0.3 is 0 Å². The Morgan fingerprint density at radius 1 is 1.33 bits per heavy atom. The van der Waals surface area contributed by atoms with Crippen LogP contribution in [0.25, 0.3) is 0 Å². The van der Waals surface area contributed by atoms with Gasteiger partial charge in [-0.1, -0.05) is 0 Å². The smallest absolute Gasteiger partial charge is 0.281 e. The van der Waals surface area contributed by atoms with E-state index in [4.69, 9.17) is 5.73 Å². The molecule has 1 aromatic carbocycles. The molecule has 18 heavy (non-hydrogen) atoms. The van der Waals surface area contributed by atoms with E-state index in [2.05, 4.69) is 36.2 Å². The lowest BCUT2D eigenvalue weighted by atomic mass is 10.3. The highest BCUT2D eigenvalue weighted by molar-refractivity contribution is 9.10. The first-order chi connectivity index (χ1) is 8.49. The number of carbonyl (C=O) groups is 1. The summed E-state index contributed by atoms with van der Waals surface area (Å²) >= 11 is 2.81. The third kappa shape index (κ3) is 2.30. The summed E-state index contributed by atoms with van der Waals surface area (Å²) in [7, 11) is 0. The molecule has 0 bridgehead atoms. The Balaban J connectivity index is 2.28. The summed E-state index contributed by atoms with van der Waals surface area (Å²) < 4.78 is 30.8. The Morgan fingerprint density at radius 2 is 2.06 bits per heavy atom. The van der Waals surface area contributed by atoms with Crippen molar-refractivity contribution in [1.29, 1.82) is 0 Å². The van der Waals surface area contributed by atoms with Crippen LogP contribution in [0.1, 0.15) is 10.5 Å². The molecule has 0 aliphatic rings. The van der Waals surface area contributed by atoms with E-state index in [9.17, 15) is 13.6 Å². The fourth-order valence-electron chi connectivity index (χ4n) is 1.15. The summed E-state index contributed by atoms with van der Waals surface area (Å²) in [5.74, 6) is -2.63. The van der Waals surface area contributed by atoms with E-state index in [0.717, 1.165) is 12.1 Å². The molecule has 0 aliphatic heterocycles. The second-order valence-corrected chi connectivity index (χ2v) is 4.05. The number of amides is 1. The molecule has 1 amide bonds. The van der Waals surface area contributed by atoms with Crippen molar-refractivity contribution in [3.8, 4) is 0 Å². The molecule has 6 nitrogen and oxygen atoms in total. The molecule has 3 N–H and O–H groups in total. The number of hydrogen-bond donors (Lipinski definition) is 2. The van der Waals surface area contributed by atoms with Gasteiger partial charge in [0.05, 0.1) is 10.2 Å². The number of anilines is 2. The fraction of sp³-hybridized carbons (Fsp3) is 0. The predicted octanol–water partition coefficient (Wildman–Crippen LogP) is 1.94. The van der Waals surface area contributed by atoms with Gasteiger partial charge in [0, 0.05) is 6.07 Å². The van der Waals surface area contributed by atoms with Crippen molar-refractivity contribution in [2.24, 2.45) is 0 Å². The highest BCUT2D eigenvalue weighted by atomic mass is 79.9. The second-order valence-electron chi connectivity index (χ2n) is 3.20. The van der Waals surface area contributed by atoms with Gasteiger partial charge in [-0.25, -0.2) is 13.4 Å². The van der Waals surface area contributed by atoms with Crippen LogP contribution in [0.2, 0.25) is 0 Å². The van der Waals surface area contributed by atoms with Gasteiger partial charge in [0.2, 0.25) is 11.5 Å². The van der Waals surface area contributed by atoms with Crippen molar-refractivity contribution < 1.29 is 18.2 Å². The average Bonchev–Trinajstić information content (AvgIpc) is 2.72. The van der Waals surface area contributed by atoms with E-state index in [0.29, 0.717) is 0 Å². The minimum absolute atomic E-state index is 0.0550. The summed E-state index contributed by atoms with van der Waals surface area (Å²) in [6, 6.07) is 1.70. The van der Waals surface area contributed by atoms with Crippen LogP contribution >= 0.6 is 15.9 Å². The molecule has 94 valence electrons. The Bertz CT molecular complexity index is 617. The summed E-state index contributed by atoms with van der Waals surface area (Å²) in [4.78, 5) is 11.6. The summed E-state index contributed by atoms with van der Waals surface area (Å²) in [5.41, 5.74) is 4.63. The zero-order chi connectivity index (χ0) is 13.3. The number of nitrogens with zero attached hydrogens (tertiary/aromatic N) is 2. The van der Waals surface area contributed by atoms with Crippen molar-refractivity contribution in [3.63, 3.8) is 0 Å². The molecule has 0 saturated carbocycles. The number of rotatable bonds is 2. The molecule has 0 spiro atoms. The molecule has 0 saturated heterocycles. The minimum atomic E-state index is -0.852. The maximum Gasteiger partial charge on any atom is 0.281 e. The zero-order valence-electron chi connectivity index (χ0n) is 8.58. The molecule has 0 unspecified atom stereocenters. The van der Waals surface area contributed by atoms with Crippen LogP contribution < -0.4 is 11.1 Å². The molecule has 1 aromatic heterocycles. The van der Waals surface area contributed by atoms with Gasteiger partial charge in [-0.3, -0.25) is 4.79 Å². The first-order valence-corrected chi connectivity index (χ1v) is 5.32. The number of hydrogen-bond acceptors (Lipinski definition) is 5. The lowest BCUT2D eigenvalue weighted by Gasteiger charge is -2.05. The molecular weight excluding hydrogens is 314 g/mol. The van der Waals surface area contributed by atoms with Crippen LogP contribution in [0.5, 0.6) is 0 Å². The fourth-order valence-corrected chi connectivity index (χ4v) is 1.47. The Morgan fingerprint density at radius 3 is 2.67 bits per heavy atom. The van der Waals surface area contributed by atoms with E-state index < -0.39 is 17.5 Å². The van der Waals surface area contributed by atoms with Crippen molar-refractivity contribution in [3.05, 3.63) is 33.9 Å². The van der Waals surface area contributed by atoms with Crippen LogP contribution in [-0.4, -0.2) is 16.2 Å². The van der Waals surface area contributed by atoms with Crippen LogP contribution in [0.15, 0.2) is 21.2 Å². The van der Waals surface area contributed by atoms with Gasteiger partial charge in [0.1, 0.15) is 11.6 Å². The monoisotopic (exact) mass is 318 g/mol. The number of nitrogen functional groups attached to an aromatic ring is 1. The lowest BCUT2D eigenvalue weighted by Crippen LogP contribution is -2.15. The molecule has 0 radical (unpaired) electrons. The normalized spacial score (nSPS) is 10.4. The summed E-state index contributed by atoms with van der Waals surface area (Å²) in [6.45, 7) is 0. The van der Waals surface area contributed by atoms with E-state index in [-0.39, 0.29) is 21.7 Å². The molecule has 0 aliphatic carbocycles. The summed E-state index contributed by atoms with van der Waals surface area (Å²) in [6.07, 6.45) is 0. The average molecular weight is 319 g/mol. The standard InChI is InChI=1S/C9H5BrF2N4O2/c10-3-1-5(12)6(2-4(3)11)14-9(17)7-8(13)16-18-15-7/h1-2H,(H2,13,16)(H,14,17). The Kier molecular flexibility index (Phi) is 3.24. The van der Waals surface area contributed by atoms with Crippen LogP contribution in [0.4, 0.5) is 20.3 Å². The van der Waals surface area contributed by atoms with Gasteiger partial charge in [0.25, 0.3) is 5.91 Å². The topological polar surface area (TPSA) is 94.0 Å². The third-order valence-corrected chi connectivity index (χ3v) is 2.59. The zero-order valence-corrected chi connectivity index (χ0v) is 10.2. The molecule has 2 rings (SSSR count). The van der Waals surface area contributed by atoms with Gasteiger partial charge in [-0.15, -0.1) is 0 Å². The predicted molar refractivity (Wildman–Crippen MR) is 60.7 cm³/mol. The number of carbonyl (C=O) groups excluding carboxylic acids is 1. The van der Waals surface area contributed by atoms with E-state index in [1.54, 1.807) is 0 Å². The molecule has 0 fully saturated rings. The van der Waals surface area contributed by atoms with Crippen molar-refractivity contribution in [2.45, 2.75) is 0 Å². The largest absolute Gasteiger partial charge is 0.379 e. The first kappa shape index (κ1) is 12.4. The molecule has 0 atom stereocenters. The number of halogens is 3. The molecule has 1 heterocycles. The van der Waals surface area contributed by atoms with E-state index in [1.807, 2.05) is 0 Å². The molecule has 2 aromatic rings. The highest BCUT2D eigenvalue weighted by Gasteiger charge is 2.18. The maximum atomic E-state index is 13.4. The van der Waals surface area contributed by atoms with E-state index >= 15 is 0 Å². The van der Waals surface area contributed by atoms with Crippen LogP contribution in [-0.2, 0) is 0 Å². The van der Waals surface area contributed by atoms with Crippen molar-refractivity contribution in [1.82, 2.24) is 10.3 Å². The number of nitrogens with two attached hydrogens (primary N) is 1. The van der Waals surface area contributed by atoms with Crippen molar-refractivity contribution in [2.75, 3.05) is 11.1 Å². The van der Waals surface area contributed by atoms with Gasteiger partial charge in [0.15, 0.2) is 0 Å². The quantitative estimate of drug-likeness (QED) is 0.825. The first-order valence-electron chi connectivity index (χ1n) is 4.53. The second kappa shape index (κ2) is 4.69. The van der Waals surface area contributed by atoms with Gasteiger partial charge in [-0.05, 0) is 32.3 Å². The number of benzene rings is 1. The Hall–Kier alpha value is -2.03. The van der Waals surface area contributed by atoms with Gasteiger partial charge in [-0.2, -0.15) is 0 Å². The number of nitrogens with one attached hydrogen (secondary N) is 1. The number of aromatic nitrogens is 2. The van der Waals surface area contributed by atoms with Crippen LogP contribution in [0.3, 0.4) is 0 Å². The highest BCUT2D eigenvalue weighted by Crippen LogP contribution is 2.23. The van der Waals surface area contributed by atoms with Crippen molar-refractivity contribution >= 4 is 33.3 Å². The Labute approximate surface area is 107 Å². The lowest BCUT2D eigenvalue weighted by molar-refractivity contribution is 0.101. The third-order valence-electron chi connectivity index (χ3n) is 1.99. The van der Waals surface area contributed by atoms with Crippen LogP contribution in [0, 0.1) is 11.6 Å².